The van der Waals surface area contributed by atoms with Gasteiger partial charge < -0.3 is 15.7 Å². The molecule has 0 atom stereocenters. The number of nitrogens with two attached hydrogens (primary N) is 1. The van der Waals surface area contributed by atoms with Crippen LogP contribution in [0.5, 0.6) is 5.75 Å². The molecule has 0 aliphatic carbocycles. The first-order valence-electron chi connectivity index (χ1n) is 7.14. The zero-order chi connectivity index (χ0) is 14.4. The van der Waals surface area contributed by atoms with E-state index in [2.05, 4.69) is 10.1 Å². The second kappa shape index (κ2) is 7.14. The van der Waals surface area contributed by atoms with Crippen LogP contribution in [0.25, 0.3) is 0 Å². The standard InChI is InChI=1S/C15H23N3O2/c1-12-5-6-14(13(11-12)15(16)17-19)20-10-9-18-7-3-2-4-8-18/h5-6,11,19H,2-4,7-10H2,1H3,(H2,16,17). The Morgan fingerprint density at radius 2 is 2.10 bits per heavy atom. The number of likely N-dealkylation sites (tertiary alicyclic amines) is 1. The van der Waals surface area contributed by atoms with Crippen LogP contribution < -0.4 is 10.5 Å². The highest BCUT2D eigenvalue weighted by atomic mass is 16.5. The molecule has 1 aromatic carbocycles. The van der Waals surface area contributed by atoms with E-state index in [1.54, 1.807) is 0 Å². The van der Waals surface area contributed by atoms with Crippen molar-refractivity contribution in [1.82, 2.24) is 4.90 Å². The Hall–Kier alpha value is -1.75. The normalized spacial score (nSPS) is 17.1. The molecule has 1 saturated heterocycles. The third kappa shape index (κ3) is 3.87. The summed E-state index contributed by atoms with van der Waals surface area (Å²) in [6, 6.07) is 5.70. The van der Waals surface area contributed by atoms with Gasteiger partial charge in [0.25, 0.3) is 0 Å². The van der Waals surface area contributed by atoms with Gasteiger partial charge in [-0.3, -0.25) is 4.90 Å². The highest BCUT2D eigenvalue weighted by molar-refractivity contribution is 5.99. The van der Waals surface area contributed by atoms with E-state index in [0.29, 0.717) is 17.9 Å². The van der Waals surface area contributed by atoms with E-state index in [9.17, 15) is 0 Å². The summed E-state index contributed by atoms with van der Waals surface area (Å²) in [5.74, 6) is 0.754. The molecule has 5 heteroatoms. The average Bonchev–Trinajstić information content (AvgIpc) is 2.49. The van der Waals surface area contributed by atoms with Gasteiger partial charge in [-0.25, -0.2) is 0 Å². The summed E-state index contributed by atoms with van der Waals surface area (Å²) >= 11 is 0. The number of hydrogen-bond donors (Lipinski definition) is 2. The Morgan fingerprint density at radius 1 is 1.35 bits per heavy atom. The molecular formula is C15H23N3O2. The largest absolute Gasteiger partial charge is 0.491 e. The number of benzene rings is 1. The van der Waals surface area contributed by atoms with E-state index in [-0.39, 0.29) is 5.84 Å². The first kappa shape index (κ1) is 14.7. The first-order chi connectivity index (χ1) is 9.70. The minimum Gasteiger partial charge on any atom is -0.491 e. The predicted molar refractivity (Wildman–Crippen MR) is 79.5 cm³/mol. The van der Waals surface area contributed by atoms with Crippen molar-refractivity contribution >= 4 is 5.84 Å². The van der Waals surface area contributed by atoms with Crippen LogP contribution in [0.3, 0.4) is 0 Å². The van der Waals surface area contributed by atoms with Crippen molar-refractivity contribution in [2.24, 2.45) is 10.9 Å². The molecular weight excluding hydrogens is 254 g/mol. The van der Waals surface area contributed by atoms with Crippen molar-refractivity contribution in [3.05, 3.63) is 29.3 Å². The Labute approximate surface area is 120 Å². The number of hydrogen-bond acceptors (Lipinski definition) is 4. The molecule has 0 saturated carbocycles. The second-order valence-electron chi connectivity index (χ2n) is 5.24. The van der Waals surface area contributed by atoms with Gasteiger partial charge in [-0.05, 0) is 45.0 Å². The number of rotatable bonds is 5. The fourth-order valence-electron chi connectivity index (χ4n) is 2.49. The molecule has 1 aliphatic rings. The molecule has 20 heavy (non-hydrogen) atoms. The van der Waals surface area contributed by atoms with Crippen LogP contribution in [0, 0.1) is 6.92 Å². The third-order valence-corrected chi connectivity index (χ3v) is 3.63. The van der Waals surface area contributed by atoms with Crippen molar-refractivity contribution in [2.45, 2.75) is 26.2 Å². The summed E-state index contributed by atoms with van der Waals surface area (Å²) in [6.07, 6.45) is 3.89. The van der Waals surface area contributed by atoms with Crippen LogP contribution in [-0.2, 0) is 0 Å². The molecule has 1 fully saturated rings. The van der Waals surface area contributed by atoms with Gasteiger partial charge in [-0.2, -0.15) is 0 Å². The number of piperidine rings is 1. The fourth-order valence-corrected chi connectivity index (χ4v) is 2.49. The van der Waals surface area contributed by atoms with Crippen LogP contribution in [0.2, 0.25) is 0 Å². The Morgan fingerprint density at radius 3 is 2.80 bits per heavy atom. The lowest BCUT2D eigenvalue weighted by Crippen LogP contribution is -2.33. The van der Waals surface area contributed by atoms with Gasteiger partial charge in [0.2, 0.25) is 0 Å². The zero-order valence-electron chi connectivity index (χ0n) is 12.0. The number of nitrogens with zero attached hydrogens (tertiary/aromatic N) is 2. The summed E-state index contributed by atoms with van der Waals surface area (Å²) in [6.45, 7) is 5.82. The lowest BCUT2D eigenvalue weighted by atomic mass is 10.1. The van der Waals surface area contributed by atoms with Crippen LogP contribution in [0.1, 0.15) is 30.4 Å². The van der Waals surface area contributed by atoms with Gasteiger partial charge in [0, 0.05) is 6.54 Å². The van der Waals surface area contributed by atoms with E-state index in [4.69, 9.17) is 15.7 Å². The minimum absolute atomic E-state index is 0.0849. The Bertz CT molecular complexity index is 468. The Kier molecular flexibility index (Phi) is 5.24. The van der Waals surface area contributed by atoms with E-state index >= 15 is 0 Å². The van der Waals surface area contributed by atoms with Gasteiger partial charge >= 0.3 is 0 Å². The van der Waals surface area contributed by atoms with Crippen molar-refractivity contribution in [3.8, 4) is 5.75 Å². The van der Waals surface area contributed by atoms with Gasteiger partial charge in [0.15, 0.2) is 5.84 Å². The molecule has 0 radical (unpaired) electrons. The molecule has 1 aromatic rings. The molecule has 1 aliphatic heterocycles. The number of oxime groups is 1. The summed E-state index contributed by atoms with van der Waals surface area (Å²) in [5, 5.41) is 11.9. The number of ether oxygens (including phenoxy) is 1. The van der Waals surface area contributed by atoms with Crippen molar-refractivity contribution in [2.75, 3.05) is 26.2 Å². The van der Waals surface area contributed by atoms with Gasteiger partial charge in [-0.1, -0.05) is 23.2 Å². The maximum absolute atomic E-state index is 8.83. The van der Waals surface area contributed by atoms with Crippen LogP contribution in [-0.4, -0.2) is 42.2 Å². The third-order valence-electron chi connectivity index (χ3n) is 3.63. The van der Waals surface area contributed by atoms with E-state index in [1.807, 2.05) is 25.1 Å². The molecule has 0 unspecified atom stereocenters. The van der Waals surface area contributed by atoms with Crippen LogP contribution in [0.15, 0.2) is 23.4 Å². The molecule has 0 aromatic heterocycles. The summed E-state index contributed by atoms with van der Waals surface area (Å²) in [7, 11) is 0. The van der Waals surface area contributed by atoms with E-state index in [0.717, 1.165) is 25.2 Å². The second-order valence-corrected chi connectivity index (χ2v) is 5.24. The monoisotopic (exact) mass is 277 g/mol. The topological polar surface area (TPSA) is 71.1 Å². The Balaban J connectivity index is 1.94. The fraction of sp³-hybridized carbons (Fsp3) is 0.533. The highest BCUT2D eigenvalue weighted by Gasteiger charge is 2.12. The van der Waals surface area contributed by atoms with Crippen molar-refractivity contribution < 1.29 is 9.94 Å². The van der Waals surface area contributed by atoms with E-state index < -0.39 is 0 Å². The van der Waals surface area contributed by atoms with Crippen LogP contribution >= 0.6 is 0 Å². The van der Waals surface area contributed by atoms with E-state index in [1.165, 1.54) is 19.3 Å². The SMILES string of the molecule is Cc1ccc(OCCN2CCCCC2)c(/C(N)=N/O)c1. The summed E-state index contributed by atoms with van der Waals surface area (Å²) < 4.78 is 5.80. The molecule has 0 amide bonds. The zero-order valence-corrected chi connectivity index (χ0v) is 12.0. The molecule has 3 N–H and O–H groups in total. The van der Waals surface area contributed by atoms with Crippen molar-refractivity contribution in [1.29, 1.82) is 0 Å². The molecule has 1 heterocycles. The van der Waals surface area contributed by atoms with Crippen molar-refractivity contribution in [3.63, 3.8) is 0 Å². The number of amidine groups is 1. The van der Waals surface area contributed by atoms with Gasteiger partial charge in [0.1, 0.15) is 12.4 Å². The predicted octanol–water partition coefficient (Wildman–Crippen LogP) is 1.95. The number of aryl methyl sites for hydroxylation is 1. The molecule has 5 nitrogen and oxygen atoms in total. The maximum atomic E-state index is 8.83. The molecule has 110 valence electrons. The molecule has 0 spiro atoms. The molecule has 2 rings (SSSR count). The summed E-state index contributed by atoms with van der Waals surface area (Å²) in [5.41, 5.74) is 7.38. The lowest BCUT2D eigenvalue weighted by Gasteiger charge is -2.26. The lowest BCUT2D eigenvalue weighted by molar-refractivity contribution is 0.183. The van der Waals surface area contributed by atoms with Crippen LogP contribution in [0.4, 0.5) is 0 Å². The average molecular weight is 277 g/mol. The minimum atomic E-state index is 0.0849. The summed E-state index contributed by atoms with van der Waals surface area (Å²) in [4.78, 5) is 2.42. The smallest absolute Gasteiger partial charge is 0.173 e. The molecule has 0 bridgehead atoms. The highest BCUT2D eigenvalue weighted by Crippen LogP contribution is 2.20. The first-order valence-corrected chi connectivity index (χ1v) is 7.14. The van der Waals surface area contributed by atoms with Gasteiger partial charge in [0.05, 0.1) is 5.56 Å². The maximum Gasteiger partial charge on any atom is 0.173 e. The van der Waals surface area contributed by atoms with Gasteiger partial charge in [-0.15, -0.1) is 0 Å². The quantitative estimate of drug-likeness (QED) is 0.373.